The van der Waals surface area contributed by atoms with Crippen molar-refractivity contribution in [2.45, 2.75) is 62.9 Å². The van der Waals surface area contributed by atoms with Gasteiger partial charge in [-0.3, -0.25) is 14.6 Å². The molecule has 2 fully saturated rings. The van der Waals surface area contributed by atoms with Gasteiger partial charge in [-0.05, 0) is 55.2 Å². The van der Waals surface area contributed by atoms with Gasteiger partial charge < -0.3 is 25.2 Å². The number of hydrogen-bond donors (Lipinski definition) is 3. The van der Waals surface area contributed by atoms with Crippen LogP contribution in [-0.4, -0.2) is 46.8 Å². The summed E-state index contributed by atoms with van der Waals surface area (Å²) in [6.07, 6.45) is 6.06. The number of hydrogen-bond acceptors (Lipinski definition) is 6. The topological polar surface area (TPSA) is 110 Å². The van der Waals surface area contributed by atoms with Gasteiger partial charge in [-0.15, -0.1) is 0 Å². The molecule has 1 aliphatic carbocycles. The Hall–Kier alpha value is -2.97. The zero-order chi connectivity index (χ0) is 22.8. The second-order valence-electron chi connectivity index (χ2n) is 9.11. The van der Waals surface area contributed by atoms with E-state index in [1.54, 1.807) is 12.4 Å². The van der Waals surface area contributed by atoms with Crippen LogP contribution >= 0.6 is 0 Å². The Labute approximate surface area is 192 Å². The molecule has 2 aromatic rings. The minimum absolute atomic E-state index is 0.00977. The van der Waals surface area contributed by atoms with Gasteiger partial charge in [-0.2, -0.15) is 0 Å². The molecule has 3 N–H and O–H groups in total. The number of aliphatic hydroxyl groups excluding tert-OH is 1. The summed E-state index contributed by atoms with van der Waals surface area (Å²) in [5, 5.41) is 15.9. The first-order valence-corrected chi connectivity index (χ1v) is 11.6. The van der Waals surface area contributed by atoms with E-state index in [9.17, 15) is 14.7 Å². The number of aliphatic hydroxyl groups is 1. The zero-order valence-corrected chi connectivity index (χ0v) is 18.4. The number of aromatic nitrogens is 1. The molecule has 0 radical (unpaired) electrons. The molecule has 2 amide bonds. The van der Waals surface area contributed by atoms with Crippen LogP contribution in [0.2, 0.25) is 0 Å². The van der Waals surface area contributed by atoms with E-state index >= 15 is 0 Å². The Bertz CT molecular complexity index is 1010. The summed E-state index contributed by atoms with van der Waals surface area (Å²) in [5.74, 6) is 0.813. The summed E-state index contributed by atoms with van der Waals surface area (Å²) < 4.78 is 12.1. The summed E-state index contributed by atoms with van der Waals surface area (Å²) in [7, 11) is 0. The first kappa shape index (κ1) is 21.9. The van der Waals surface area contributed by atoms with E-state index in [0.29, 0.717) is 13.0 Å². The number of carbonyl (C=O) groups is 2. The highest BCUT2D eigenvalue weighted by molar-refractivity contribution is 5.93. The van der Waals surface area contributed by atoms with Crippen molar-refractivity contribution < 1.29 is 24.2 Å². The summed E-state index contributed by atoms with van der Waals surface area (Å²) in [6, 6.07) is 9.41. The Balaban J connectivity index is 1.25. The lowest BCUT2D eigenvalue weighted by Crippen LogP contribution is -2.47. The molecule has 33 heavy (non-hydrogen) atoms. The number of pyridine rings is 1. The van der Waals surface area contributed by atoms with Crippen molar-refractivity contribution in [3.05, 3.63) is 53.9 Å². The van der Waals surface area contributed by atoms with Crippen LogP contribution in [-0.2, 0) is 20.9 Å². The lowest BCUT2D eigenvalue weighted by molar-refractivity contribution is -0.142. The largest absolute Gasteiger partial charge is 0.487 e. The molecule has 4 atom stereocenters. The summed E-state index contributed by atoms with van der Waals surface area (Å²) in [5.41, 5.74) is 2.73. The zero-order valence-electron chi connectivity index (χ0n) is 18.4. The fourth-order valence-corrected chi connectivity index (χ4v) is 4.86. The molecule has 174 valence electrons. The molecule has 3 heterocycles. The van der Waals surface area contributed by atoms with E-state index in [1.165, 1.54) is 0 Å². The second kappa shape index (κ2) is 9.49. The molecular weight excluding hydrogens is 422 g/mol. The van der Waals surface area contributed by atoms with Crippen LogP contribution in [0.4, 0.5) is 5.69 Å². The van der Waals surface area contributed by atoms with Gasteiger partial charge in [-0.25, -0.2) is 0 Å². The second-order valence-corrected chi connectivity index (χ2v) is 9.11. The van der Waals surface area contributed by atoms with Gasteiger partial charge in [0, 0.05) is 42.0 Å². The van der Waals surface area contributed by atoms with Crippen LogP contribution in [0.5, 0.6) is 5.75 Å². The van der Waals surface area contributed by atoms with E-state index in [4.69, 9.17) is 9.47 Å². The number of fused-ring (bicyclic) bond motifs is 3. The standard InChI is InChI=1S/C25H29N3O5/c29-14-22-24-20(11-18(32-22)12-23(30)27-13-15-6-8-26-9-7-15)19-10-17(4-5-21(19)33-24)28-25(31)16-2-1-3-16/h4-10,16,18,20,22,24,29H,1-3,11-14H2,(H,27,30)(H,28,31)/t18-,20+,22-,24-/m1/s1. The molecule has 2 aliphatic heterocycles. The van der Waals surface area contributed by atoms with Crippen molar-refractivity contribution >= 4 is 17.5 Å². The molecule has 1 saturated heterocycles. The fraction of sp³-hybridized carbons (Fsp3) is 0.480. The van der Waals surface area contributed by atoms with Crippen molar-refractivity contribution in [1.29, 1.82) is 0 Å². The maximum Gasteiger partial charge on any atom is 0.227 e. The number of amides is 2. The van der Waals surface area contributed by atoms with Gasteiger partial charge in [0.05, 0.1) is 19.1 Å². The summed E-state index contributed by atoms with van der Waals surface area (Å²) in [4.78, 5) is 28.9. The van der Waals surface area contributed by atoms with E-state index in [-0.39, 0.29) is 48.9 Å². The highest BCUT2D eigenvalue weighted by atomic mass is 16.6. The number of anilines is 1. The lowest BCUT2D eigenvalue weighted by atomic mass is 9.83. The van der Waals surface area contributed by atoms with Crippen LogP contribution in [0.1, 0.15) is 49.1 Å². The monoisotopic (exact) mass is 451 g/mol. The molecule has 1 aromatic heterocycles. The van der Waals surface area contributed by atoms with Gasteiger partial charge >= 0.3 is 0 Å². The number of benzene rings is 1. The highest BCUT2D eigenvalue weighted by Gasteiger charge is 2.46. The predicted molar refractivity (Wildman–Crippen MR) is 121 cm³/mol. The Kier molecular flexibility index (Phi) is 6.28. The average molecular weight is 452 g/mol. The van der Waals surface area contributed by atoms with Crippen molar-refractivity contribution in [2.75, 3.05) is 11.9 Å². The van der Waals surface area contributed by atoms with Gasteiger partial charge in [-0.1, -0.05) is 6.42 Å². The molecule has 0 spiro atoms. The van der Waals surface area contributed by atoms with E-state index in [2.05, 4.69) is 15.6 Å². The van der Waals surface area contributed by atoms with Crippen molar-refractivity contribution in [3.63, 3.8) is 0 Å². The quantitative estimate of drug-likeness (QED) is 0.597. The smallest absolute Gasteiger partial charge is 0.227 e. The molecule has 5 rings (SSSR count). The molecule has 1 saturated carbocycles. The first-order valence-electron chi connectivity index (χ1n) is 11.6. The molecule has 1 aromatic carbocycles. The molecular formula is C25H29N3O5. The van der Waals surface area contributed by atoms with Gasteiger partial charge in [0.2, 0.25) is 11.8 Å². The summed E-state index contributed by atoms with van der Waals surface area (Å²) >= 11 is 0. The number of ether oxygens (including phenoxy) is 2. The Morgan fingerprint density at radius 1 is 1.15 bits per heavy atom. The molecule has 0 unspecified atom stereocenters. The Morgan fingerprint density at radius 2 is 1.97 bits per heavy atom. The SMILES string of the molecule is O=C(C[C@H]1C[C@H]2c3cc(NC(=O)C4CCC4)ccc3O[C@H]2[C@@H](CO)O1)NCc1ccncc1. The van der Waals surface area contributed by atoms with Crippen LogP contribution in [0.3, 0.4) is 0 Å². The number of nitrogens with one attached hydrogen (secondary N) is 2. The van der Waals surface area contributed by atoms with Crippen molar-refractivity contribution in [3.8, 4) is 5.75 Å². The predicted octanol–water partition coefficient (Wildman–Crippen LogP) is 2.52. The Morgan fingerprint density at radius 3 is 2.70 bits per heavy atom. The summed E-state index contributed by atoms with van der Waals surface area (Å²) in [6.45, 7) is 0.245. The molecule has 3 aliphatic rings. The van der Waals surface area contributed by atoms with Crippen LogP contribution in [0.25, 0.3) is 0 Å². The maximum atomic E-state index is 12.5. The number of nitrogens with zero attached hydrogens (tertiary/aromatic N) is 1. The lowest BCUT2D eigenvalue weighted by Gasteiger charge is -2.37. The van der Waals surface area contributed by atoms with Crippen LogP contribution in [0.15, 0.2) is 42.7 Å². The van der Waals surface area contributed by atoms with Gasteiger partial charge in [0.15, 0.2) is 0 Å². The van der Waals surface area contributed by atoms with Crippen LogP contribution in [0, 0.1) is 5.92 Å². The number of rotatable bonds is 7. The fourth-order valence-electron chi connectivity index (χ4n) is 4.86. The van der Waals surface area contributed by atoms with Crippen molar-refractivity contribution in [2.24, 2.45) is 5.92 Å². The van der Waals surface area contributed by atoms with Crippen molar-refractivity contribution in [1.82, 2.24) is 10.3 Å². The van der Waals surface area contributed by atoms with Gasteiger partial charge in [0.25, 0.3) is 0 Å². The minimum Gasteiger partial charge on any atom is -0.487 e. The van der Waals surface area contributed by atoms with E-state index < -0.39 is 6.10 Å². The molecule has 8 heteroatoms. The first-order chi connectivity index (χ1) is 16.1. The minimum atomic E-state index is -0.512. The van der Waals surface area contributed by atoms with E-state index in [1.807, 2.05) is 30.3 Å². The third-order valence-electron chi connectivity index (χ3n) is 6.89. The normalized spacial score (nSPS) is 25.8. The maximum absolute atomic E-state index is 12.5. The average Bonchev–Trinajstić information content (AvgIpc) is 3.14. The molecule has 0 bridgehead atoms. The van der Waals surface area contributed by atoms with E-state index in [0.717, 1.165) is 41.8 Å². The van der Waals surface area contributed by atoms with Crippen LogP contribution < -0.4 is 15.4 Å². The highest BCUT2D eigenvalue weighted by Crippen LogP contribution is 2.47. The number of carbonyl (C=O) groups excluding carboxylic acids is 2. The third-order valence-corrected chi connectivity index (χ3v) is 6.89. The third kappa shape index (κ3) is 4.72. The molecule has 8 nitrogen and oxygen atoms in total. The van der Waals surface area contributed by atoms with Gasteiger partial charge in [0.1, 0.15) is 18.0 Å².